The minimum absolute atomic E-state index is 0.176. The fourth-order valence-electron chi connectivity index (χ4n) is 2.48. The average Bonchev–Trinajstić information content (AvgIpc) is 3.07. The van der Waals surface area contributed by atoms with Crippen LogP contribution in [-0.2, 0) is 0 Å². The molecule has 0 saturated heterocycles. The van der Waals surface area contributed by atoms with Gasteiger partial charge in [0.2, 0.25) is 0 Å². The van der Waals surface area contributed by atoms with E-state index in [1.54, 1.807) is 35.9 Å². The Bertz CT molecular complexity index is 1030. The van der Waals surface area contributed by atoms with Gasteiger partial charge in [0.1, 0.15) is 5.15 Å². The Labute approximate surface area is 153 Å². The molecule has 0 atom stereocenters. The van der Waals surface area contributed by atoms with E-state index in [9.17, 15) is 4.79 Å². The van der Waals surface area contributed by atoms with Gasteiger partial charge in [-0.3, -0.25) is 9.78 Å². The van der Waals surface area contributed by atoms with Gasteiger partial charge in [0.05, 0.1) is 28.0 Å². The van der Waals surface area contributed by atoms with E-state index in [1.165, 1.54) is 10.1 Å². The van der Waals surface area contributed by atoms with Gasteiger partial charge in [-0.2, -0.15) is 0 Å². The van der Waals surface area contributed by atoms with E-state index in [4.69, 9.17) is 11.6 Å². The van der Waals surface area contributed by atoms with Crippen molar-refractivity contribution in [3.8, 4) is 10.6 Å². The van der Waals surface area contributed by atoms with E-state index in [1.807, 2.05) is 24.3 Å². The third-order valence-corrected chi connectivity index (χ3v) is 5.14. The first-order chi connectivity index (χ1) is 12.2. The van der Waals surface area contributed by atoms with Crippen LogP contribution < -0.4 is 5.32 Å². The van der Waals surface area contributed by atoms with E-state index in [2.05, 4.69) is 33.5 Å². The van der Waals surface area contributed by atoms with Crippen LogP contribution in [0.1, 0.15) is 10.4 Å². The lowest BCUT2D eigenvalue weighted by Crippen LogP contribution is -2.13. The van der Waals surface area contributed by atoms with Crippen molar-refractivity contribution in [1.29, 1.82) is 0 Å². The SMILES string of the molecule is O=C(Nc1ccc(-c2cc3ccccc3s2)nc1)c1cccnc1Cl. The second kappa shape index (κ2) is 6.63. The van der Waals surface area contributed by atoms with Crippen molar-refractivity contribution in [1.82, 2.24) is 9.97 Å². The highest BCUT2D eigenvalue weighted by Gasteiger charge is 2.11. The summed E-state index contributed by atoms with van der Waals surface area (Å²) in [6, 6.07) is 17.4. The van der Waals surface area contributed by atoms with Gasteiger partial charge < -0.3 is 5.32 Å². The standard InChI is InChI=1S/C19H12ClN3OS/c20-18-14(5-3-9-21-18)19(24)23-13-7-8-15(22-11-13)17-10-12-4-1-2-6-16(12)25-17/h1-11H,(H,23,24). The number of rotatable bonds is 3. The molecule has 0 aliphatic rings. The van der Waals surface area contributed by atoms with Gasteiger partial charge in [-0.25, -0.2) is 4.98 Å². The van der Waals surface area contributed by atoms with E-state index >= 15 is 0 Å². The minimum atomic E-state index is -0.311. The van der Waals surface area contributed by atoms with Gasteiger partial charge in [-0.05, 0) is 41.8 Å². The molecule has 0 unspecified atom stereocenters. The summed E-state index contributed by atoms with van der Waals surface area (Å²) < 4.78 is 1.22. The molecular formula is C19H12ClN3OS. The molecule has 3 aromatic heterocycles. The van der Waals surface area contributed by atoms with Crippen LogP contribution in [0.4, 0.5) is 5.69 Å². The number of amides is 1. The van der Waals surface area contributed by atoms with Crippen molar-refractivity contribution in [2.45, 2.75) is 0 Å². The van der Waals surface area contributed by atoms with E-state index < -0.39 is 0 Å². The number of nitrogens with one attached hydrogen (secondary N) is 1. The number of aromatic nitrogens is 2. The third-order valence-electron chi connectivity index (χ3n) is 3.70. The highest BCUT2D eigenvalue weighted by molar-refractivity contribution is 7.22. The monoisotopic (exact) mass is 365 g/mol. The highest BCUT2D eigenvalue weighted by Crippen LogP contribution is 2.32. The van der Waals surface area contributed by atoms with Crippen LogP contribution >= 0.6 is 22.9 Å². The number of halogens is 1. The molecule has 4 rings (SSSR count). The quantitative estimate of drug-likeness (QED) is 0.503. The largest absolute Gasteiger partial charge is 0.320 e. The molecule has 122 valence electrons. The van der Waals surface area contributed by atoms with Crippen LogP contribution in [0.25, 0.3) is 20.7 Å². The number of nitrogens with zero attached hydrogens (tertiary/aromatic N) is 2. The predicted molar refractivity (Wildman–Crippen MR) is 102 cm³/mol. The predicted octanol–water partition coefficient (Wildman–Crippen LogP) is 5.26. The average molecular weight is 366 g/mol. The molecule has 1 amide bonds. The molecule has 0 aliphatic heterocycles. The van der Waals surface area contributed by atoms with Gasteiger partial charge in [-0.1, -0.05) is 29.8 Å². The van der Waals surface area contributed by atoms with Crippen molar-refractivity contribution in [3.63, 3.8) is 0 Å². The number of thiophene rings is 1. The number of carbonyl (C=O) groups excluding carboxylic acids is 1. The smallest absolute Gasteiger partial charge is 0.258 e. The molecule has 6 heteroatoms. The zero-order chi connectivity index (χ0) is 17.2. The first kappa shape index (κ1) is 15.7. The summed E-state index contributed by atoms with van der Waals surface area (Å²) in [5.41, 5.74) is 1.81. The molecule has 4 aromatic rings. The molecule has 4 nitrogen and oxygen atoms in total. The lowest BCUT2D eigenvalue weighted by molar-refractivity contribution is 0.102. The molecule has 0 radical (unpaired) electrons. The van der Waals surface area contributed by atoms with E-state index in [0.29, 0.717) is 11.3 Å². The Morgan fingerprint density at radius 3 is 2.68 bits per heavy atom. The van der Waals surface area contributed by atoms with Gasteiger partial charge in [0.25, 0.3) is 5.91 Å². The number of pyridine rings is 2. The van der Waals surface area contributed by atoms with Crippen molar-refractivity contribution < 1.29 is 4.79 Å². The molecule has 1 aromatic carbocycles. The summed E-state index contributed by atoms with van der Waals surface area (Å²) in [6.45, 7) is 0. The number of hydrogen-bond donors (Lipinski definition) is 1. The Kier molecular flexibility index (Phi) is 4.17. The van der Waals surface area contributed by atoms with Crippen LogP contribution in [0.2, 0.25) is 5.15 Å². The van der Waals surface area contributed by atoms with Crippen LogP contribution in [0.3, 0.4) is 0 Å². The molecule has 0 fully saturated rings. The van der Waals surface area contributed by atoms with Crippen LogP contribution in [0.5, 0.6) is 0 Å². The second-order valence-corrected chi connectivity index (χ2v) is 6.82. The summed E-state index contributed by atoms with van der Waals surface area (Å²) >= 11 is 7.64. The zero-order valence-electron chi connectivity index (χ0n) is 12.9. The second-order valence-electron chi connectivity index (χ2n) is 5.38. The number of carbonyl (C=O) groups is 1. The van der Waals surface area contributed by atoms with Gasteiger partial charge in [0, 0.05) is 10.9 Å². The van der Waals surface area contributed by atoms with Crippen molar-refractivity contribution in [2.24, 2.45) is 0 Å². The first-order valence-corrected chi connectivity index (χ1v) is 8.77. The van der Waals surface area contributed by atoms with Crippen molar-refractivity contribution in [2.75, 3.05) is 5.32 Å². The summed E-state index contributed by atoms with van der Waals surface area (Å²) in [4.78, 5) is 21.7. The van der Waals surface area contributed by atoms with Crippen molar-refractivity contribution in [3.05, 3.63) is 77.7 Å². The number of hydrogen-bond acceptors (Lipinski definition) is 4. The normalized spacial score (nSPS) is 10.8. The molecule has 25 heavy (non-hydrogen) atoms. The lowest BCUT2D eigenvalue weighted by Gasteiger charge is -2.06. The fraction of sp³-hybridized carbons (Fsp3) is 0. The molecule has 0 saturated carbocycles. The van der Waals surface area contributed by atoms with Crippen LogP contribution in [0, 0.1) is 0 Å². The molecule has 3 heterocycles. The van der Waals surface area contributed by atoms with Crippen molar-refractivity contribution >= 4 is 44.6 Å². The van der Waals surface area contributed by atoms with E-state index in [-0.39, 0.29) is 11.1 Å². The molecule has 0 spiro atoms. The molecule has 0 bridgehead atoms. The topological polar surface area (TPSA) is 54.9 Å². The van der Waals surface area contributed by atoms with Gasteiger partial charge in [0.15, 0.2) is 0 Å². The number of fused-ring (bicyclic) bond motifs is 1. The maximum atomic E-state index is 12.2. The van der Waals surface area contributed by atoms with E-state index in [0.717, 1.165) is 10.6 Å². The Balaban J connectivity index is 1.56. The molecule has 0 aliphatic carbocycles. The molecular weight excluding hydrogens is 354 g/mol. The van der Waals surface area contributed by atoms with Crippen LogP contribution in [-0.4, -0.2) is 15.9 Å². The third kappa shape index (κ3) is 3.24. The highest BCUT2D eigenvalue weighted by atomic mass is 35.5. The fourth-order valence-corrected chi connectivity index (χ4v) is 3.72. The van der Waals surface area contributed by atoms with Crippen LogP contribution in [0.15, 0.2) is 67.0 Å². The number of benzene rings is 1. The first-order valence-electron chi connectivity index (χ1n) is 7.57. The zero-order valence-corrected chi connectivity index (χ0v) is 14.5. The number of anilines is 1. The lowest BCUT2D eigenvalue weighted by atomic mass is 10.2. The minimum Gasteiger partial charge on any atom is -0.320 e. The Morgan fingerprint density at radius 1 is 1.04 bits per heavy atom. The maximum Gasteiger partial charge on any atom is 0.258 e. The maximum absolute atomic E-state index is 12.2. The summed E-state index contributed by atoms with van der Waals surface area (Å²) in [5, 5.41) is 4.16. The summed E-state index contributed by atoms with van der Waals surface area (Å²) in [6.07, 6.45) is 3.18. The van der Waals surface area contributed by atoms with Gasteiger partial charge >= 0.3 is 0 Å². The summed E-state index contributed by atoms with van der Waals surface area (Å²) in [5.74, 6) is -0.311. The Morgan fingerprint density at radius 2 is 1.92 bits per heavy atom. The Hall–Kier alpha value is -2.76. The summed E-state index contributed by atoms with van der Waals surface area (Å²) in [7, 11) is 0. The van der Waals surface area contributed by atoms with Gasteiger partial charge in [-0.15, -0.1) is 11.3 Å². The molecule has 1 N–H and O–H groups in total.